The van der Waals surface area contributed by atoms with Crippen LogP contribution >= 0.6 is 11.6 Å². The van der Waals surface area contributed by atoms with Gasteiger partial charge in [0.05, 0.1) is 11.5 Å². The Hall–Kier alpha value is -0.770. The number of benzene rings is 1. The molecule has 0 spiro atoms. The number of rotatable bonds is 6. The highest BCUT2D eigenvalue weighted by Gasteiger charge is 2.19. The molecule has 1 aliphatic rings. The molecule has 0 saturated carbocycles. The Morgan fingerprint density at radius 2 is 1.62 bits per heavy atom. The van der Waals surface area contributed by atoms with Gasteiger partial charge in [-0.3, -0.25) is 4.90 Å². The first kappa shape index (κ1) is 16.6. The van der Waals surface area contributed by atoms with E-state index in [4.69, 9.17) is 16.3 Å². The number of nitrogens with zero attached hydrogens (tertiary/aromatic N) is 2. The third-order valence-electron chi connectivity index (χ3n) is 3.94. The van der Waals surface area contributed by atoms with Crippen LogP contribution in [-0.4, -0.2) is 55.2 Å². The first-order chi connectivity index (χ1) is 10.1. The first-order valence-corrected chi connectivity index (χ1v) is 8.37. The van der Waals surface area contributed by atoms with Crippen molar-refractivity contribution in [2.45, 2.75) is 32.3 Å². The predicted octanol–water partition coefficient (Wildman–Crippen LogP) is 3.39. The zero-order valence-corrected chi connectivity index (χ0v) is 14.1. The molecule has 1 heterocycles. The van der Waals surface area contributed by atoms with Crippen molar-refractivity contribution in [3.05, 3.63) is 29.8 Å². The highest BCUT2D eigenvalue weighted by Crippen LogP contribution is 2.24. The van der Waals surface area contributed by atoms with Crippen LogP contribution in [0.5, 0.6) is 5.75 Å². The molecule has 0 bridgehead atoms. The van der Waals surface area contributed by atoms with E-state index in [2.05, 4.69) is 28.9 Å². The minimum absolute atomic E-state index is 0.0475. The smallest absolute Gasteiger partial charge is 0.119 e. The number of likely N-dealkylation sites (N-methyl/N-ethyl adjacent to an activating group) is 1. The fourth-order valence-corrected chi connectivity index (χ4v) is 2.99. The summed E-state index contributed by atoms with van der Waals surface area (Å²) in [6, 6.07) is 8.19. The zero-order chi connectivity index (χ0) is 15.2. The van der Waals surface area contributed by atoms with E-state index in [9.17, 15) is 0 Å². The van der Waals surface area contributed by atoms with E-state index in [1.807, 2.05) is 26.0 Å². The summed E-state index contributed by atoms with van der Waals surface area (Å²) >= 11 is 6.57. The normalized spacial score (nSPS) is 18.9. The van der Waals surface area contributed by atoms with Gasteiger partial charge in [-0.2, -0.15) is 0 Å². The molecule has 4 heteroatoms. The van der Waals surface area contributed by atoms with E-state index in [0.717, 1.165) is 45.0 Å². The van der Waals surface area contributed by atoms with Crippen molar-refractivity contribution in [3.8, 4) is 5.75 Å². The maximum absolute atomic E-state index is 6.57. The summed E-state index contributed by atoms with van der Waals surface area (Å²) in [6.07, 6.45) is 0.206. The van der Waals surface area contributed by atoms with Crippen LogP contribution in [-0.2, 0) is 0 Å². The van der Waals surface area contributed by atoms with Gasteiger partial charge < -0.3 is 9.64 Å². The average Bonchev–Trinajstić information content (AvgIpc) is 2.48. The van der Waals surface area contributed by atoms with Crippen molar-refractivity contribution >= 4 is 11.6 Å². The Kier molecular flexibility index (Phi) is 6.34. The molecule has 1 saturated heterocycles. The van der Waals surface area contributed by atoms with Crippen molar-refractivity contribution in [2.24, 2.45) is 0 Å². The van der Waals surface area contributed by atoms with Gasteiger partial charge in [0, 0.05) is 32.7 Å². The largest absolute Gasteiger partial charge is 0.491 e. The quantitative estimate of drug-likeness (QED) is 0.749. The summed E-state index contributed by atoms with van der Waals surface area (Å²) in [4.78, 5) is 4.94. The number of halogens is 1. The second-order valence-corrected chi connectivity index (χ2v) is 6.46. The van der Waals surface area contributed by atoms with E-state index in [1.54, 1.807) is 0 Å². The molecule has 0 aliphatic carbocycles. The molecule has 0 radical (unpaired) electrons. The van der Waals surface area contributed by atoms with Crippen LogP contribution in [0.15, 0.2) is 24.3 Å². The fraction of sp³-hybridized carbons (Fsp3) is 0.647. The van der Waals surface area contributed by atoms with Gasteiger partial charge in [0.15, 0.2) is 0 Å². The third kappa shape index (κ3) is 5.17. The zero-order valence-electron chi connectivity index (χ0n) is 13.4. The van der Waals surface area contributed by atoms with Gasteiger partial charge in [-0.05, 0) is 38.1 Å². The molecule has 0 N–H and O–H groups in total. The van der Waals surface area contributed by atoms with E-state index in [0.29, 0.717) is 0 Å². The van der Waals surface area contributed by atoms with Gasteiger partial charge in [0.1, 0.15) is 5.75 Å². The molecule has 1 unspecified atom stereocenters. The topological polar surface area (TPSA) is 15.7 Å². The lowest BCUT2D eigenvalue weighted by molar-refractivity contribution is 0.137. The highest BCUT2D eigenvalue weighted by atomic mass is 35.5. The fourth-order valence-electron chi connectivity index (χ4n) is 2.65. The minimum atomic E-state index is 0.0475. The number of ether oxygens (including phenoxy) is 1. The third-order valence-corrected chi connectivity index (χ3v) is 4.33. The van der Waals surface area contributed by atoms with Gasteiger partial charge in [0.25, 0.3) is 0 Å². The molecule has 2 rings (SSSR count). The second kappa shape index (κ2) is 8.02. The molecule has 0 aromatic heterocycles. The van der Waals surface area contributed by atoms with Crippen molar-refractivity contribution < 1.29 is 4.74 Å². The Bertz CT molecular complexity index is 413. The average molecular weight is 311 g/mol. The van der Waals surface area contributed by atoms with E-state index in [1.165, 1.54) is 5.56 Å². The summed E-state index contributed by atoms with van der Waals surface area (Å²) in [5.74, 6) is 0.911. The molecule has 1 aromatic rings. The van der Waals surface area contributed by atoms with Crippen LogP contribution in [0, 0.1) is 0 Å². The van der Waals surface area contributed by atoms with Crippen molar-refractivity contribution in [1.29, 1.82) is 0 Å². The molecule has 21 heavy (non-hydrogen) atoms. The maximum Gasteiger partial charge on any atom is 0.119 e. The Labute approximate surface area is 133 Å². The van der Waals surface area contributed by atoms with E-state index >= 15 is 0 Å². The summed E-state index contributed by atoms with van der Waals surface area (Å²) in [6.45, 7) is 12.9. The number of piperazine rings is 1. The van der Waals surface area contributed by atoms with Gasteiger partial charge in [0.2, 0.25) is 0 Å². The highest BCUT2D eigenvalue weighted by molar-refractivity contribution is 6.21. The maximum atomic E-state index is 6.57. The van der Waals surface area contributed by atoms with Crippen LogP contribution in [0.2, 0.25) is 0 Å². The molecule has 1 atom stereocenters. The van der Waals surface area contributed by atoms with E-state index in [-0.39, 0.29) is 11.5 Å². The standard InChI is InChI=1S/C17H27ClN2O/c1-4-19-9-11-20(12-10-19)13-17(18)15-5-7-16(8-6-15)21-14(2)3/h5-8,14,17H,4,9-13H2,1-3H3. The lowest BCUT2D eigenvalue weighted by Gasteiger charge is -2.35. The monoisotopic (exact) mass is 310 g/mol. The van der Waals surface area contributed by atoms with Gasteiger partial charge in [-0.1, -0.05) is 19.1 Å². The lowest BCUT2D eigenvalue weighted by Crippen LogP contribution is -2.46. The number of hydrogen-bond donors (Lipinski definition) is 0. The van der Waals surface area contributed by atoms with E-state index < -0.39 is 0 Å². The van der Waals surface area contributed by atoms with Crippen LogP contribution in [0.1, 0.15) is 31.7 Å². The molecule has 3 nitrogen and oxygen atoms in total. The van der Waals surface area contributed by atoms with Crippen molar-refractivity contribution in [3.63, 3.8) is 0 Å². The van der Waals surface area contributed by atoms with Crippen LogP contribution in [0.3, 0.4) is 0 Å². The van der Waals surface area contributed by atoms with Gasteiger partial charge >= 0.3 is 0 Å². The van der Waals surface area contributed by atoms with Crippen LogP contribution in [0.25, 0.3) is 0 Å². The van der Waals surface area contributed by atoms with Crippen molar-refractivity contribution in [1.82, 2.24) is 9.80 Å². The van der Waals surface area contributed by atoms with Gasteiger partial charge in [-0.25, -0.2) is 0 Å². The van der Waals surface area contributed by atoms with Crippen LogP contribution < -0.4 is 4.74 Å². The molecular weight excluding hydrogens is 284 g/mol. The summed E-state index contributed by atoms with van der Waals surface area (Å²) in [5, 5.41) is 0.0475. The van der Waals surface area contributed by atoms with Crippen LogP contribution in [0.4, 0.5) is 0 Å². The Morgan fingerprint density at radius 1 is 1.05 bits per heavy atom. The lowest BCUT2D eigenvalue weighted by atomic mass is 10.1. The SMILES string of the molecule is CCN1CCN(CC(Cl)c2ccc(OC(C)C)cc2)CC1. The Morgan fingerprint density at radius 3 is 2.14 bits per heavy atom. The summed E-state index contributed by atoms with van der Waals surface area (Å²) < 4.78 is 5.66. The number of hydrogen-bond acceptors (Lipinski definition) is 3. The molecule has 0 amide bonds. The minimum Gasteiger partial charge on any atom is -0.491 e. The Balaban J connectivity index is 1.84. The molecular formula is C17H27ClN2O. The summed E-state index contributed by atoms with van der Waals surface area (Å²) in [5.41, 5.74) is 1.17. The predicted molar refractivity (Wildman–Crippen MR) is 89.4 cm³/mol. The van der Waals surface area contributed by atoms with Crippen molar-refractivity contribution in [2.75, 3.05) is 39.3 Å². The second-order valence-electron chi connectivity index (χ2n) is 5.94. The number of alkyl halides is 1. The molecule has 118 valence electrons. The molecule has 1 fully saturated rings. The molecule has 1 aromatic carbocycles. The van der Waals surface area contributed by atoms with Gasteiger partial charge in [-0.15, -0.1) is 11.6 Å². The molecule has 1 aliphatic heterocycles. The first-order valence-electron chi connectivity index (χ1n) is 7.94. The summed E-state index contributed by atoms with van der Waals surface area (Å²) in [7, 11) is 0.